The summed E-state index contributed by atoms with van der Waals surface area (Å²) < 4.78 is 0. The van der Waals surface area contributed by atoms with Crippen LogP contribution in [0.3, 0.4) is 0 Å². The van der Waals surface area contributed by atoms with Crippen LogP contribution in [-0.4, -0.2) is 75.5 Å². The zero-order chi connectivity index (χ0) is 18.9. The van der Waals surface area contributed by atoms with Gasteiger partial charge in [0.15, 0.2) is 5.96 Å². The van der Waals surface area contributed by atoms with Gasteiger partial charge in [-0.15, -0.1) is 0 Å². The lowest BCUT2D eigenvalue weighted by Crippen LogP contribution is -2.51. The molecule has 6 heteroatoms. The van der Waals surface area contributed by atoms with E-state index in [-0.39, 0.29) is 5.91 Å². The van der Waals surface area contributed by atoms with Crippen molar-refractivity contribution >= 4 is 11.9 Å². The standard InChI is InChI=1S/C20H39N5O/c1-21-19(26)14-16-10-12-25(13-11-16)20(22-2)23-15-18(24(3)4)17-8-6-5-7-9-17/h16-18H,5-15H2,1-4H3,(H,21,26)(H,22,23). The Balaban J connectivity index is 1.82. The van der Waals surface area contributed by atoms with Crippen molar-refractivity contribution < 1.29 is 4.79 Å². The van der Waals surface area contributed by atoms with E-state index in [1.54, 1.807) is 7.05 Å². The molecule has 2 N–H and O–H groups in total. The van der Waals surface area contributed by atoms with E-state index in [0.717, 1.165) is 44.4 Å². The van der Waals surface area contributed by atoms with Crippen molar-refractivity contribution in [2.75, 3.05) is 47.8 Å². The molecule has 26 heavy (non-hydrogen) atoms. The Kier molecular flexibility index (Phi) is 8.69. The second-order valence-corrected chi connectivity index (χ2v) is 8.16. The van der Waals surface area contributed by atoms with Crippen LogP contribution in [0.1, 0.15) is 51.4 Å². The molecular weight excluding hydrogens is 326 g/mol. The molecule has 1 saturated carbocycles. The molecule has 1 atom stereocenters. The van der Waals surface area contributed by atoms with Crippen molar-refractivity contribution in [3.8, 4) is 0 Å². The number of aliphatic imine (C=N–C) groups is 1. The summed E-state index contributed by atoms with van der Waals surface area (Å²) in [5.41, 5.74) is 0. The Morgan fingerprint density at radius 3 is 2.35 bits per heavy atom. The normalized spacial score (nSPS) is 21.7. The third-order valence-electron chi connectivity index (χ3n) is 6.21. The molecule has 2 aliphatic rings. The Hall–Kier alpha value is -1.30. The van der Waals surface area contributed by atoms with Crippen LogP contribution in [0.5, 0.6) is 0 Å². The lowest BCUT2D eigenvalue weighted by molar-refractivity contribution is -0.121. The smallest absolute Gasteiger partial charge is 0.220 e. The van der Waals surface area contributed by atoms with Gasteiger partial charge < -0.3 is 20.4 Å². The highest BCUT2D eigenvalue weighted by Gasteiger charge is 2.27. The lowest BCUT2D eigenvalue weighted by Gasteiger charge is -2.37. The van der Waals surface area contributed by atoms with Crippen LogP contribution < -0.4 is 10.6 Å². The quantitative estimate of drug-likeness (QED) is 0.558. The maximum Gasteiger partial charge on any atom is 0.220 e. The van der Waals surface area contributed by atoms with Crippen molar-refractivity contribution in [2.24, 2.45) is 16.8 Å². The van der Waals surface area contributed by atoms with Crippen LogP contribution in [0.2, 0.25) is 0 Å². The summed E-state index contributed by atoms with van der Waals surface area (Å²) in [5, 5.41) is 6.38. The molecule has 1 heterocycles. The molecule has 6 nitrogen and oxygen atoms in total. The summed E-state index contributed by atoms with van der Waals surface area (Å²) in [7, 11) is 8.00. The minimum Gasteiger partial charge on any atom is -0.359 e. The summed E-state index contributed by atoms with van der Waals surface area (Å²) in [6, 6.07) is 0.567. The number of rotatable bonds is 6. The van der Waals surface area contributed by atoms with E-state index in [4.69, 9.17) is 0 Å². The molecule has 1 saturated heterocycles. The minimum atomic E-state index is 0.160. The van der Waals surface area contributed by atoms with E-state index in [2.05, 4.69) is 39.5 Å². The van der Waals surface area contributed by atoms with Crippen molar-refractivity contribution in [3.05, 3.63) is 0 Å². The second kappa shape index (κ2) is 10.8. The van der Waals surface area contributed by atoms with Crippen molar-refractivity contribution in [3.63, 3.8) is 0 Å². The topological polar surface area (TPSA) is 60.0 Å². The molecule has 2 rings (SSSR count). The maximum absolute atomic E-state index is 11.6. The predicted octanol–water partition coefficient (Wildman–Crippen LogP) is 1.92. The molecule has 0 aromatic rings. The lowest BCUT2D eigenvalue weighted by atomic mass is 9.83. The largest absolute Gasteiger partial charge is 0.359 e. The van der Waals surface area contributed by atoms with Crippen molar-refractivity contribution in [1.82, 2.24) is 20.4 Å². The first-order valence-electron chi connectivity index (χ1n) is 10.4. The molecule has 1 unspecified atom stereocenters. The van der Waals surface area contributed by atoms with Gasteiger partial charge in [-0.3, -0.25) is 9.79 Å². The first kappa shape index (κ1) is 21.0. The number of piperidine rings is 1. The van der Waals surface area contributed by atoms with E-state index in [0.29, 0.717) is 18.4 Å². The Morgan fingerprint density at radius 2 is 1.81 bits per heavy atom. The molecule has 150 valence electrons. The molecule has 1 amide bonds. The summed E-state index contributed by atoms with van der Waals surface area (Å²) >= 11 is 0. The molecule has 1 aliphatic carbocycles. The number of hydrogen-bond donors (Lipinski definition) is 2. The molecule has 2 fully saturated rings. The van der Waals surface area contributed by atoms with E-state index in [1.165, 1.54) is 32.1 Å². The molecule has 0 aromatic heterocycles. The van der Waals surface area contributed by atoms with Crippen LogP contribution in [0.15, 0.2) is 4.99 Å². The Morgan fingerprint density at radius 1 is 1.15 bits per heavy atom. The van der Waals surface area contributed by atoms with Gasteiger partial charge in [0.05, 0.1) is 0 Å². The molecular formula is C20H39N5O. The first-order valence-corrected chi connectivity index (χ1v) is 10.4. The number of amides is 1. The zero-order valence-electron chi connectivity index (χ0n) is 17.3. The van der Waals surface area contributed by atoms with E-state index < -0.39 is 0 Å². The number of hydrogen-bond acceptors (Lipinski definition) is 3. The number of nitrogens with zero attached hydrogens (tertiary/aromatic N) is 3. The average Bonchev–Trinajstić information content (AvgIpc) is 2.66. The number of carbonyl (C=O) groups is 1. The summed E-state index contributed by atoms with van der Waals surface area (Å²) in [6.07, 6.45) is 9.65. The zero-order valence-corrected chi connectivity index (χ0v) is 17.3. The van der Waals surface area contributed by atoms with E-state index >= 15 is 0 Å². The van der Waals surface area contributed by atoms with Gasteiger partial charge in [0.25, 0.3) is 0 Å². The highest BCUT2D eigenvalue weighted by atomic mass is 16.1. The first-order chi connectivity index (χ1) is 12.5. The molecule has 0 spiro atoms. The van der Waals surface area contributed by atoms with Gasteiger partial charge >= 0.3 is 0 Å². The third-order valence-corrected chi connectivity index (χ3v) is 6.21. The van der Waals surface area contributed by atoms with Gasteiger partial charge in [-0.2, -0.15) is 0 Å². The Bertz CT molecular complexity index is 451. The van der Waals surface area contributed by atoms with E-state index in [9.17, 15) is 4.79 Å². The van der Waals surface area contributed by atoms with E-state index in [1.807, 2.05) is 7.05 Å². The second-order valence-electron chi connectivity index (χ2n) is 8.16. The summed E-state index contributed by atoms with van der Waals surface area (Å²) in [6.45, 7) is 2.93. The number of guanidine groups is 1. The number of likely N-dealkylation sites (N-methyl/N-ethyl adjacent to an activating group) is 1. The minimum absolute atomic E-state index is 0.160. The SMILES string of the molecule is CN=C(NCC(C1CCCCC1)N(C)C)N1CCC(CC(=O)NC)CC1. The van der Waals surface area contributed by atoms with Crippen molar-refractivity contribution in [1.29, 1.82) is 0 Å². The van der Waals surface area contributed by atoms with Gasteiger partial charge in [0, 0.05) is 46.2 Å². The van der Waals surface area contributed by atoms with Crippen molar-refractivity contribution in [2.45, 2.75) is 57.4 Å². The maximum atomic E-state index is 11.6. The highest BCUT2D eigenvalue weighted by Crippen LogP contribution is 2.28. The van der Waals surface area contributed by atoms with Gasteiger partial charge in [0.1, 0.15) is 0 Å². The van der Waals surface area contributed by atoms with Crippen LogP contribution in [0, 0.1) is 11.8 Å². The summed E-state index contributed by atoms with van der Waals surface area (Å²) in [5.74, 6) is 2.47. The van der Waals surface area contributed by atoms with Crippen LogP contribution in [0.4, 0.5) is 0 Å². The summed E-state index contributed by atoms with van der Waals surface area (Å²) in [4.78, 5) is 20.8. The van der Waals surface area contributed by atoms with Crippen LogP contribution in [-0.2, 0) is 4.79 Å². The van der Waals surface area contributed by atoms with Gasteiger partial charge in [-0.25, -0.2) is 0 Å². The molecule has 0 aromatic carbocycles. The number of nitrogens with one attached hydrogen (secondary N) is 2. The van der Waals surface area contributed by atoms with Crippen LogP contribution in [0.25, 0.3) is 0 Å². The molecule has 1 aliphatic heterocycles. The fourth-order valence-corrected chi connectivity index (χ4v) is 4.53. The highest BCUT2D eigenvalue weighted by molar-refractivity contribution is 5.80. The van der Waals surface area contributed by atoms with Gasteiger partial charge in [-0.05, 0) is 51.6 Å². The van der Waals surface area contributed by atoms with Gasteiger partial charge in [-0.1, -0.05) is 19.3 Å². The fourth-order valence-electron chi connectivity index (χ4n) is 4.53. The van der Waals surface area contributed by atoms with Gasteiger partial charge in [0.2, 0.25) is 5.91 Å². The molecule has 0 bridgehead atoms. The van der Waals surface area contributed by atoms with Crippen LogP contribution >= 0.6 is 0 Å². The fraction of sp³-hybridized carbons (Fsp3) is 0.900. The third kappa shape index (κ3) is 6.15. The monoisotopic (exact) mass is 365 g/mol. The average molecular weight is 366 g/mol. The predicted molar refractivity (Wildman–Crippen MR) is 108 cm³/mol. The number of carbonyl (C=O) groups excluding carboxylic acids is 1. The Labute approximate surface area is 159 Å². The number of likely N-dealkylation sites (tertiary alicyclic amines) is 1. The molecule has 0 radical (unpaired) electrons.